The Morgan fingerprint density at radius 2 is 2.19 bits per heavy atom. The number of primary amides is 1. The van der Waals surface area contributed by atoms with Crippen LogP contribution in [0.15, 0.2) is 24.3 Å². The van der Waals surface area contributed by atoms with Crippen LogP contribution in [-0.2, 0) is 6.42 Å². The predicted molar refractivity (Wildman–Crippen MR) is 58.6 cm³/mol. The van der Waals surface area contributed by atoms with Crippen LogP contribution >= 0.6 is 0 Å². The van der Waals surface area contributed by atoms with Crippen molar-refractivity contribution in [2.24, 2.45) is 5.73 Å². The standard InChI is InChI=1S/C10H11N5O/c11-7-3-1-2-6(4-7)5-8-9(10(12)16)14-15-13-8/h1-4H,5,11H2,(H2,12,16)(H,13,14,15). The number of rotatable bonds is 3. The molecule has 0 spiro atoms. The van der Waals surface area contributed by atoms with E-state index in [0.717, 1.165) is 5.56 Å². The van der Waals surface area contributed by atoms with Crippen molar-refractivity contribution >= 4 is 11.6 Å². The van der Waals surface area contributed by atoms with E-state index in [1.165, 1.54) is 0 Å². The molecule has 0 saturated heterocycles. The molecule has 0 saturated carbocycles. The molecule has 0 bridgehead atoms. The summed E-state index contributed by atoms with van der Waals surface area (Å²) in [6.45, 7) is 0. The largest absolute Gasteiger partial charge is 0.399 e. The molecule has 2 rings (SSSR count). The van der Waals surface area contributed by atoms with E-state index in [2.05, 4.69) is 15.4 Å². The molecule has 1 amide bonds. The van der Waals surface area contributed by atoms with Gasteiger partial charge in [-0.05, 0) is 17.7 Å². The fourth-order valence-corrected chi connectivity index (χ4v) is 1.47. The molecule has 5 N–H and O–H groups in total. The Kier molecular flexibility index (Phi) is 2.55. The number of nitrogen functional groups attached to an aromatic ring is 1. The maximum atomic E-state index is 11.0. The number of nitrogens with two attached hydrogens (primary N) is 2. The van der Waals surface area contributed by atoms with Crippen molar-refractivity contribution in [2.75, 3.05) is 5.73 Å². The van der Waals surface area contributed by atoms with Gasteiger partial charge in [-0.3, -0.25) is 4.79 Å². The number of hydrogen-bond acceptors (Lipinski definition) is 4. The predicted octanol–water partition coefficient (Wildman–Crippen LogP) is 0.0766. The molecular weight excluding hydrogens is 206 g/mol. The minimum atomic E-state index is -0.590. The highest BCUT2D eigenvalue weighted by Crippen LogP contribution is 2.12. The van der Waals surface area contributed by atoms with Gasteiger partial charge in [-0.15, -0.1) is 0 Å². The Bertz CT molecular complexity index is 519. The van der Waals surface area contributed by atoms with E-state index in [1.54, 1.807) is 6.07 Å². The highest BCUT2D eigenvalue weighted by molar-refractivity contribution is 5.91. The van der Waals surface area contributed by atoms with Gasteiger partial charge in [0.1, 0.15) is 0 Å². The van der Waals surface area contributed by atoms with Crippen LogP contribution in [0.4, 0.5) is 5.69 Å². The van der Waals surface area contributed by atoms with Crippen molar-refractivity contribution in [3.05, 3.63) is 41.2 Å². The van der Waals surface area contributed by atoms with E-state index in [4.69, 9.17) is 11.5 Å². The van der Waals surface area contributed by atoms with Crippen LogP contribution in [0.2, 0.25) is 0 Å². The summed E-state index contributed by atoms with van der Waals surface area (Å²) in [5.74, 6) is -0.590. The van der Waals surface area contributed by atoms with Crippen LogP contribution in [0, 0.1) is 0 Å². The quantitative estimate of drug-likeness (QED) is 0.632. The highest BCUT2D eigenvalue weighted by Gasteiger charge is 2.13. The summed E-state index contributed by atoms with van der Waals surface area (Å²) in [7, 11) is 0. The smallest absolute Gasteiger partial charge is 0.271 e. The number of aromatic amines is 1. The molecule has 1 aromatic heterocycles. The minimum absolute atomic E-state index is 0.169. The summed E-state index contributed by atoms with van der Waals surface area (Å²) in [6.07, 6.45) is 0.472. The van der Waals surface area contributed by atoms with Crippen molar-refractivity contribution in [1.82, 2.24) is 15.4 Å². The molecule has 0 atom stereocenters. The summed E-state index contributed by atoms with van der Waals surface area (Å²) in [5, 5.41) is 9.96. The monoisotopic (exact) mass is 217 g/mol. The molecule has 2 aromatic rings. The molecule has 1 aromatic carbocycles. The van der Waals surface area contributed by atoms with Crippen molar-refractivity contribution < 1.29 is 4.79 Å². The normalized spacial score (nSPS) is 10.2. The zero-order chi connectivity index (χ0) is 11.5. The van der Waals surface area contributed by atoms with E-state index < -0.39 is 5.91 Å². The van der Waals surface area contributed by atoms with Gasteiger partial charge in [0.2, 0.25) is 0 Å². The van der Waals surface area contributed by atoms with Gasteiger partial charge in [0.25, 0.3) is 5.91 Å². The van der Waals surface area contributed by atoms with Gasteiger partial charge in [-0.2, -0.15) is 15.4 Å². The Labute approximate surface area is 91.6 Å². The van der Waals surface area contributed by atoms with Crippen molar-refractivity contribution in [3.63, 3.8) is 0 Å². The van der Waals surface area contributed by atoms with Gasteiger partial charge in [0, 0.05) is 12.1 Å². The molecule has 0 aliphatic carbocycles. The number of carbonyl (C=O) groups is 1. The Morgan fingerprint density at radius 1 is 1.38 bits per heavy atom. The number of nitrogens with zero attached hydrogens (tertiary/aromatic N) is 2. The van der Waals surface area contributed by atoms with E-state index in [0.29, 0.717) is 17.8 Å². The van der Waals surface area contributed by atoms with Gasteiger partial charge < -0.3 is 11.5 Å². The van der Waals surface area contributed by atoms with Crippen LogP contribution in [0.1, 0.15) is 21.7 Å². The zero-order valence-electron chi connectivity index (χ0n) is 8.47. The lowest BCUT2D eigenvalue weighted by molar-refractivity contribution is 0.0994. The SMILES string of the molecule is NC(=O)c1n[nH]nc1Cc1cccc(N)c1. The van der Waals surface area contributed by atoms with E-state index >= 15 is 0 Å². The van der Waals surface area contributed by atoms with Crippen molar-refractivity contribution in [1.29, 1.82) is 0 Å². The molecule has 0 fully saturated rings. The van der Waals surface area contributed by atoms with Gasteiger partial charge >= 0.3 is 0 Å². The number of hydrogen-bond donors (Lipinski definition) is 3. The number of benzene rings is 1. The fraction of sp³-hybridized carbons (Fsp3) is 0.100. The third kappa shape index (κ3) is 2.00. The number of carbonyl (C=O) groups excluding carboxylic acids is 1. The topological polar surface area (TPSA) is 111 Å². The first kappa shape index (κ1) is 10.2. The first-order valence-corrected chi connectivity index (χ1v) is 4.70. The van der Waals surface area contributed by atoms with Crippen LogP contribution in [0.3, 0.4) is 0 Å². The second kappa shape index (κ2) is 4.01. The zero-order valence-corrected chi connectivity index (χ0v) is 8.47. The molecule has 0 aliphatic heterocycles. The van der Waals surface area contributed by atoms with E-state index in [9.17, 15) is 4.79 Å². The summed E-state index contributed by atoms with van der Waals surface area (Å²) >= 11 is 0. The lowest BCUT2D eigenvalue weighted by Gasteiger charge is -2.00. The second-order valence-corrected chi connectivity index (χ2v) is 3.40. The van der Waals surface area contributed by atoms with E-state index in [-0.39, 0.29) is 5.69 Å². The van der Waals surface area contributed by atoms with Gasteiger partial charge in [-0.25, -0.2) is 0 Å². The third-order valence-corrected chi connectivity index (χ3v) is 2.18. The average Bonchev–Trinajstić information content (AvgIpc) is 2.66. The van der Waals surface area contributed by atoms with Gasteiger partial charge in [-0.1, -0.05) is 12.1 Å². The number of anilines is 1. The summed E-state index contributed by atoms with van der Waals surface area (Å²) in [4.78, 5) is 11.0. The Morgan fingerprint density at radius 3 is 2.88 bits per heavy atom. The maximum absolute atomic E-state index is 11.0. The average molecular weight is 217 g/mol. The van der Waals surface area contributed by atoms with E-state index in [1.807, 2.05) is 18.2 Å². The summed E-state index contributed by atoms with van der Waals surface area (Å²) < 4.78 is 0. The molecule has 16 heavy (non-hydrogen) atoms. The third-order valence-electron chi connectivity index (χ3n) is 2.18. The summed E-state index contributed by atoms with van der Waals surface area (Å²) in [6, 6.07) is 7.35. The molecule has 6 nitrogen and oxygen atoms in total. The number of H-pyrrole nitrogens is 1. The van der Waals surface area contributed by atoms with Crippen LogP contribution in [0.5, 0.6) is 0 Å². The number of aromatic nitrogens is 3. The van der Waals surface area contributed by atoms with Gasteiger partial charge in [0.05, 0.1) is 5.69 Å². The molecular formula is C10H11N5O. The lowest BCUT2D eigenvalue weighted by Crippen LogP contribution is -2.14. The number of nitrogens with one attached hydrogen (secondary N) is 1. The summed E-state index contributed by atoms with van der Waals surface area (Å²) in [5.41, 5.74) is 13.1. The lowest BCUT2D eigenvalue weighted by atomic mass is 10.1. The van der Waals surface area contributed by atoms with Crippen molar-refractivity contribution in [3.8, 4) is 0 Å². The first-order valence-electron chi connectivity index (χ1n) is 4.70. The van der Waals surface area contributed by atoms with Gasteiger partial charge in [0.15, 0.2) is 5.69 Å². The highest BCUT2D eigenvalue weighted by atomic mass is 16.1. The van der Waals surface area contributed by atoms with Crippen LogP contribution < -0.4 is 11.5 Å². The second-order valence-electron chi connectivity index (χ2n) is 3.40. The minimum Gasteiger partial charge on any atom is -0.399 e. The molecule has 6 heteroatoms. The molecule has 82 valence electrons. The Hall–Kier alpha value is -2.37. The molecule has 1 heterocycles. The first-order chi connectivity index (χ1) is 7.66. The van der Waals surface area contributed by atoms with Crippen molar-refractivity contribution in [2.45, 2.75) is 6.42 Å². The van der Waals surface area contributed by atoms with Crippen LogP contribution in [0.25, 0.3) is 0 Å². The number of amides is 1. The molecule has 0 radical (unpaired) electrons. The molecule has 0 unspecified atom stereocenters. The van der Waals surface area contributed by atoms with Crippen LogP contribution in [-0.4, -0.2) is 21.3 Å². The maximum Gasteiger partial charge on any atom is 0.271 e. The Balaban J connectivity index is 2.27. The molecule has 0 aliphatic rings. The fourth-order valence-electron chi connectivity index (χ4n) is 1.47.